The normalized spacial score (nSPS) is 38.3. The first-order valence-electron chi connectivity index (χ1n) is 5.56. The van der Waals surface area contributed by atoms with E-state index in [2.05, 4.69) is 23.2 Å². The van der Waals surface area contributed by atoms with Crippen LogP contribution in [0.1, 0.15) is 13.3 Å². The zero-order valence-corrected chi connectivity index (χ0v) is 9.50. The fourth-order valence-corrected chi connectivity index (χ4v) is 3.14. The topological polar surface area (TPSA) is 15.3 Å². The Balaban J connectivity index is 1.98. The van der Waals surface area contributed by atoms with Gasteiger partial charge in [0.05, 0.1) is 0 Å². The van der Waals surface area contributed by atoms with E-state index >= 15 is 0 Å². The van der Waals surface area contributed by atoms with Crippen LogP contribution in [0.2, 0.25) is 0 Å². The van der Waals surface area contributed by atoms with Gasteiger partial charge in [0.25, 0.3) is 0 Å². The van der Waals surface area contributed by atoms with Crippen LogP contribution in [0.15, 0.2) is 11.6 Å². The Morgan fingerprint density at radius 2 is 2.36 bits per heavy atom. The van der Waals surface area contributed by atoms with Crippen LogP contribution in [-0.4, -0.2) is 37.1 Å². The van der Waals surface area contributed by atoms with Gasteiger partial charge < -0.3 is 5.32 Å². The minimum atomic E-state index is 0.767. The van der Waals surface area contributed by atoms with Gasteiger partial charge in [-0.15, -0.1) is 0 Å². The molecule has 14 heavy (non-hydrogen) atoms. The van der Waals surface area contributed by atoms with Crippen molar-refractivity contribution in [2.75, 3.05) is 26.2 Å². The molecule has 0 aromatic rings. The van der Waals surface area contributed by atoms with Gasteiger partial charge in [0.2, 0.25) is 0 Å². The van der Waals surface area contributed by atoms with Crippen molar-refractivity contribution in [1.82, 2.24) is 10.2 Å². The summed E-state index contributed by atoms with van der Waals surface area (Å²) in [5.74, 6) is 1.76. The number of halogens is 1. The molecule has 3 heteroatoms. The standard InChI is InChI=1S/C11H19ClN2/c1-2-11-10-7-13-6-9(10)8-14(11)5-3-4-12/h3-4,9-11,13H,2,5-8H2,1H3. The molecule has 1 N–H and O–H groups in total. The Kier molecular flexibility index (Phi) is 3.47. The van der Waals surface area contributed by atoms with Gasteiger partial charge in [0.1, 0.15) is 0 Å². The highest BCUT2D eigenvalue weighted by Gasteiger charge is 2.42. The summed E-state index contributed by atoms with van der Waals surface area (Å²) in [6.45, 7) is 6.99. The average Bonchev–Trinajstić information content (AvgIpc) is 2.73. The number of rotatable bonds is 3. The van der Waals surface area contributed by atoms with Gasteiger partial charge >= 0.3 is 0 Å². The van der Waals surface area contributed by atoms with E-state index < -0.39 is 0 Å². The molecule has 2 rings (SSSR count). The third kappa shape index (κ3) is 1.83. The molecule has 80 valence electrons. The van der Waals surface area contributed by atoms with Crippen LogP contribution in [0.25, 0.3) is 0 Å². The maximum Gasteiger partial charge on any atom is 0.0177 e. The molecular weight excluding hydrogens is 196 g/mol. The Morgan fingerprint density at radius 3 is 3.07 bits per heavy atom. The summed E-state index contributed by atoms with van der Waals surface area (Å²) in [5, 5.41) is 3.49. The van der Waals surface area contributed by atoms with Crippen LogP contribution in [0.3, 0.4) is 0 Å². The lowest BCUT2D eigenvalue weighted by molar-refractivity contribution is 0.240. The molecule has 0 aromatic heterocycles. The lowest BCUT2D eigenvalue weighted by Crippen LogP contribution is -2.35. The van der Waals surface area contributed by atoms with Crippen molar-refractivity contribution in [3.05, 3.63) is 11.6 Å². The van der Waals surface area contributed by atoms with Gasteiger partial charge in [-0.05, 0) is 31.3 Å². The van der Waals surface area contributed by atoms with E-state index in [4.69, 9.17) is 11.6 Å². The number of hydrogen-bond acceptors (Lipinski definition) is 2. The first-order chi connectivity index (χ1) is 6.86. The summed E-state index contributed by atoms with van der Waals surface area (Å²) in [6, 6.07) is 0.767. The van der Waals surface area contributed by atoms with Gasteiger partial charge in [0, 0.05) is 24.7 Å². The Hall–Kier alpha value is -0.0500. The quantitative estimate of drug-likeness (QED) is 0.769. The Bertz CT molecular complexity index is 217. The molecule has 0 amide bonds. The van der Waals surface area contributed by atoms with E-state index in [1.54, 1.807) is 5.54 Å². The predicted octanol–water partition coefficient (Wildman–Crippen LogP) is 1.67. The maximum atomic E-state index is 5.57. The van der Waals surface area contributed by atoms with E-state index in [1.165, 1.54) is 26.1 Å². The first kappa shape index (κ1) is 10.5. The van der Waals surface area contributed by atoms with E-state index in [1.807, 2.05) is 0 Å². The number of hydrogen-bond donors (Lipinski definition) is 1. The first-order valence-corrected chi connectivity index (χ1v) is 6.00. The van der Waals surface area contributed by atoms with Gasteiger partial charge in [-0.25, -0.2) is 0 Å². The van der Waals surface area contributed by atoms with Gasteiger partial charge in [-0.1, -0.05) is 24.6 Å². The van der Waals surface area contributed by atoms with Crippen molar-refractivity contribution in [2.45, 2.75) is 19.4 Å². The van der Waals surface area contributed by atoms with E-state index in [0.717, 1.165) is 24.4 Å². The monoisotopic (exact) mass is 214 g/mol. The lowest BCUT2D eigenvalue weighted by Gasteiger charge is -2.25. The van der Waals surface area contributed by atoms with Gasteiger partial charge in [-0.3, -0.25) is 4.90 Å². The second kappa shape index (κ2) is 4.65. The van der Waals surface area contributed by atoms with E-state index in [-0.39, 0.29) is 0 Å². The maximum absolute atomic E-state index is 5.57. The molecule has 0 saturated carbocycles. The summed E-state index contributed by atoms with van der Waals surface area (Å²) >= 11 is 5.57. The van der Waals surface area contributed by atoms with E-state index in [0.29, 0.717) is 0 Å². The molecule has 0 aliphatic carbocycles. The highest BCUT2D eigenvalue weighted by Crippen LogP contribution is 2.33. The summed E-state index contributed by atoms with van der Waals surface area (Å²) < 4.78 is 0. The van der Waals surface area contributed by atoms with Crippen molar-refractivity contribution in [3.8, 4) is 0 Å². The van der Waals surface area contributed by atoms with E-state index in [9.17, 15) is 0 Å². The van der Waals surface area contributed by atoms with Crippen LogP contribution in [0.4, 0.5) is 0 Å². The smallest absolute Gasteiger partial charge is 0.0177 e. The zero-order chi connectivity index (χ0) is 9.97. The molecule has 3 atom stereocenters. The van der Waals surface area contributed by atoms with Crippen molar-refractivity contribution in [3.63, 3.8) is 0 Å². The third-order valence-electron chi connectivity index (χ3n) is 3.67. The number of fused-ring (bicyclic) bond motifs is 1. The van der Waals surface area contributed by atoms with Crippen LogP contribution in [0, 0.1) is 11.8 Å². The SMILES string of the molecule is CCC1C2CNCC2CN1CC=CCl. The zero-order valence-electron chi connectivity index (χ0n) is 8.75. The van der Waals surface area contributed by atoms with Crippen molar-refractivity contribution >= 4 is 11.6 Å². The molecular formula is C11H19ClN2. The number of nitrogens with zero attached hydrogens (tertiary/aromatic N) is 1. The molecule has 2 saturated heterocycles. The summed E-state index contributed by atoms with van der Waals surface area (Å²) in [7, 11) is 0. The minimum Gasteiger partial charge on any atom is -0.316 e. The van der Waals surface area contributed by atoms with Crippen LogP contribution in [0.5, 0.6) is 0 Å². The second-order valence-electron chi connectivity index (χ2n) is 4.37. The molecule has 3 unspecified atom stereocenters. The third-order valence-corrected chi connectivity index (χ3v) is 3.85. The Morgan fingerprint density at radius 1 is 1.50 bits per heavy atom. The second-order valence-corrected chi connectivity index (χ2v) is 4.63. The molecule has 0 spiro atoms. The summed E-state index contributed by atoms with van der Waals surface area (Å²) in [5.41, 5.74) is 1.64. The molecule has 2 fully saturated rings. The molecule has 2 aliphatic rings. The van der Waals surface area contributed by atoms with Crippen molar-refractivity contribution < 1.29 is 0 Å². The molecule has 0 aromatic carbocycles. The van der Waals surface area contributed by atoms with Crippen molar-refractivity contribution in [1.29, 1.82) is 0 Å². The highest BCUT2D eigenvalue weighted by molar-refractivity contribution is 6.25. The number of nitrogens with one attached hydrogen (secondary N) is 1. The van der Waals surface area contributed by atoms with Crippen molar-refractivity contribution in [2.24, 2.45) is 11.8 Å². The summed E-state index contributed by atoms with van der Waals surface area (Å²) in [4.78, 5) is 2.58. The highest BCUT2D eigenvalue weighted by atomic mass is 35.5. The predicted molar refractivity (Wildman–Crippen MR) is 60.5 cm³/mol. The van der Waals surface area contributed by atoms with Gasteiger partial charge in [-0.2, -0.15) is 0 Å². The minimum absolute atomic E-state index is 0.767. The fourth-order valence-electron chi connectivity index (χ4n) is 3.06. The molecule has 0 bridgehead atoms. The van der Waals surface area contributed by atoms with Crippen LogP contribution in [-0.2, 0) is 0 Å². The van der Waals surface area contributed by atoms with Gasteiger partial charge in [0.15, 0.2) is 0 Å². The van der Waals surface area contributed by atoms with Crippen LogP contribution < -0.4 is 5.32 Å². The molecule has 2 aliphatic heterocycles. The largest absolute Gasteiger partial charge is 0.316 e. The average molecular weight is 215 g/mol. The molecule has 0 radical (unpaired) electrons. The fraction of sp³-hybridized carbons (Fsp3) is 0.818. The molecule has 2 nitrogen and oxygen atoms in total. The lowest BCUT2D eigenvalue weighted by atomic mass is 9.93. The van der Waals surface area contributed by atoms with Crippen LogP contribution >= 0.6 is 11.6 Å². The summed E-state index contributed by atoms with van der Waals surface area (Å²) in [6.07, 6.45) is 3.32. The molecule has 2 heterocycles. The number of likely N-dealkylation sites (tertiary alicyclic amines) is 1. The Labute approximate surface area is 91.3 Å².